The largest absolute Gasteiger partial charge is 0.417 e. The topological polar surface area (TPSA) is 93.3 Å². The van der Waals surface area contributed by atoms with Gasteiger partial charge in [-0.1, -0.05) is 30.3 Å². The van der Waals surface area contributed by atoms with Crippen molar-refractivity contribution in [3.8, 4) is 11.1 Å². The number of aliphatic imine (C=N–C) groups is 1. The summed E-state index contributed by atoms with van der Waals surface area (Å²) in [6, 6.07) is 13.3. The van der Waals surface area contributed by atoms with E-state index in [0.717, 1.165) is 46.1 Å². The van der Waals surface area contributed by atoms with Crippen molar-refractivity contribution in [1.29, 1.82) is 0 Å². The molecule has 204 valence electrons. The van der Waals surface area contributed by atoms with E-state index in [4.69, 9.17) is 5.73 Å². The van der Waals surface area contributed by atoms with Gasteiger partial charge in [0.05, 0.1) is 29.1 Å². The minimum atomic E-state index is -4.70. The number of pyridine rings is 2. The fourth-order valence-electron chi connectivity index (χ4n) is 4.34. The van der Waals surface area contributed by atoms with Crippen LogP contribution >= 0.6 is 0 Å². The summed E-state index contributed by atoms with van der Waals surface area (Å²) in [7, 11) is 0. The maximum absolute atomic E-state index is 13.5. The van der Waals surface area contributed by atoms with Gasteiger partial charge in [-0.25, -0.2) is 8.78 Å². The van der Waals surface area contributed by atoms with Gasteiger partial charge in [0, 0.05) is 30.1 Å². The van der Waals surface area contributed by atoms with Gasteiger partial charge in [0.25, 0.3) is 5.91 Å². The number of nitrogens with one attached hydrogen (secondary N) is 1. The minimum absolute atomic E-state index is 0.178. The molecular formula is C29H22F5N5O. The quantitative estimate of drug-likeness (QED) is 0.302. The Morgan fingerprint density at radius 3 is 2.35 bits per heavy atom. The van der Waals surface area contributed by atoms with Crippen LogP contribution in [0, 0.1) is 11.6 Å². The number of amides is 1. The van der Waals surface area contributed by atoms with Gasteiger partial charge >= 0.3 is 6.18 Å². The molecule has 1 aliphatic heterocycles. The van der Waals surface area contributed by atoms with Crippen LogP contribution in [0.2, 0.25) is 0 Å². The van der Waals surface area contributed by atoms with E-state index in [0.29, 0.717) is 25.0 Å². The van der Waals surface area contributed by atoms with Crippen LogP contribution in [-0.4, -0.2) is 21.7 Å². The van der Waals surface area contributed by atoms with E-state index in [1.54, 1.807) is 6.20 Å². The standard InChI is InChI=1S/C29H22F5N5O/c30-23-7-3-17(9-24(23)31)12-39-28(40)22-11-20(29(32,33)34)14-37-25(22)8-4-16-1-5-18(6-2-16)19-10-21-26(36-13-19)15-38-27(21)35/h1-3,5-7,9-11,13-14H,4,8,12,15H2,(H2,35,38)(H,39,40). The van der Waals surface area contributed by atoms with Gasteiger partial charge in [-0.05, 0) is 53.8 Å². The lowest BCUT2D eigenvalue weighted by molar-refractivity contribution is -0.137. The molecule has 4 aromatic rings. The number of hydrogen-bond donors (Lipinski definition) is 2. The smallest absolute Gasteiger partial charge is 0.383 e. The lowest BCUT2D eigenvalue weighted by Gasteiger charge is -2.13. The van der Waals surface area contributed by atoms with E-state index in [1.165, 1.54) is 6.07 Å². The van der Waals surface area contributed by atoms with Crippen LogP contribution in [0.4, 0.5) is 22.0 Å². The van der Waals surface area contributed by atoms with Crippen LogP contribution in [0.15, 0.2) is 72.0 Å². The van der Waals surface area contributed by atoms with Gasteiger partial charge in [0.15, 0.2) is 11.6 Å². The molecule has 3 N–H and O–H groups in total. The Morgan fingerprint density at radius 1 is 0.875 bits per heavy atom. The Morgan fingerprint density at radius 2 is 1.62 bits per heavy atom. The zero-order valence-electron chi connectivity index (χ0n) is 20.9. The van der Waals surface area contributed by atoms with Gasteiger partial charge in [-0.3, -0.25) is 19.8 Å². The summed E-state index contributed by atoms with van der Waals surface area (Å²) < 4.78 is 66.7. The van der Waals surface area contributed by atoms with Crippen molar-refractivity contribution in [3.05, 3.63) is 118 Å². The molecule has 11 heteroatoms. The maximum Gasteiger partial charge on any atom is 0.417 e. The molecule has 40 heavy (non-hydrogen) atoms. The SMILES string of the molecule is NC1=NCc2ncc(-c3ccc(CCc4ncc(C(F)(F)F)cc4C(=O)NCc4ccc(F)c(F)c4)cc3)cc21. The molecule has 0 saturated carbocycles. The number of nitrogens with two attached hydrogens (primary N) is 1. The zero-order chi connectivity index (χ0) is 28.4. The number of hydrogen-bond acceptors (Lipinski definition) is 5. The molecule has 0 bridgehead atoms. The summed E-state index contributed by atoms with van der Waals surface area (Å²) in [5, 5.41) is 2.47. The maximum atomic E-state index is 13.5. The molecule has 1 amide bonds. The molecule has 0 fully saturated rings. The lowest BCUT2D eigenvalue weighted by atomic mass is 9.99. The molecule has 0 saturated heterocycles. The molecule has 0 aliphatic carbocycles. The van der Waals surface area contributed by atoms with Crippen molar-refractivity contribution >= 4 is 11.7 Å². The number of nitrogens with zero attached hydrogens (tertiary/aromatic N) is 3. The van der Waals surface area contributed by atoms with E-state index in [2.05, 4.69) is 20.3 Å². The molecule has 1 aliphatic rings. The molecule has 2 aromatic carbocycles. The molecule has 0 spiro atoms. The normalized spacial score (nSPS) is 12.7. The van der Waals surface area contributed by atoms with Gasteiger partial charge in [0.2, 0.25) is 0 Å². The third-order valence-electron chi connectivity index (χ3n) is 6.56. The van der Waals surface area contributed by atoms with Gasteiger partial charge in [0.1, 0.15) is 5.84 Å². The fraction of sp³-hybridized carbons (Fsp3) is 0.172. The Bertz CT molecular complexity index is 1620. The predicted octanol–water partition coefficient (Wildman–Crippen LogP) is 5.37. The number of aromatic nitrogens is 2. The summed E-state index contributed by atoms with van der Waals surface area (Å²) in [5.41, 5.74) is 9.35. The Kier molecular flexibility index (Phi) is 7.29. The number of carbonyl (C=O) groups is 1. The molecule has 6 nitrogen and oxygen atoms in total. The van der Waals surface area contributed by atoms with Gasteiger partial charge < -0.3 is 11.1 Å². The van der Waals surface area contributed by atoms with E-state index in [-0.39, 0.29) is 29.8 Å². The van der Waals surface area contributed by atoms with Crippen molar-refractivity contribution < 1.29 is 26.7 Å². The Hall–Kier alpha value is -4.67. The summed E-state index contributed by atoms with van der Waals surface area (Å²) in [5.74, 6) is -2.49. The average Bonchev–Trinajstić information content (AvgIpc) is 3.32. The number of halogens is 5. The van der Waals surface area contributed by atoms with E-state index in [1.807, 2.05) is 30.3 Å². The van der Waals surface area contributed by atoms with Gasteiger partial charge in [-0.2, -0.15) is 13.2 Å². The molecule has 0 unspecified atom stereocenters. The average molecular weight is 552 g/mol. The second-order valence-electron chi connectivity index (χ2n) is 9.26. The Labute approximate surface area is 225 Å². The molecule has 3 heterocycles. The number of benzene rings is 2. The number of amidine groups is 1. The van der Waals surface area contributed by atoms with Crippen LogP contribution in [0.5, 0.6) is 0 Å². The molecule has 0 radical (unpaired) electrons. The summed E-state index contributed by atoms with van der Waals surface area (Å²) in [6.45, 7) is 0.255. The zero-order valence-corrected chi connectivity index (χ0v) is 20.9. The predicted molar refractivity (Wildman–Crippen MR) is 138 cm³/mol. The number of alkyl halides is 3. The van der Waals surface area contributed by atoms with Crippen LogP contribution in [0.25, 0.3) is 11.1 Å². The highest BCUT2D eigenvalue weighted by Gasteiger charge is 2.32. The monoisotopic (exact) mass is 551 g/mol. The van der Waals surface area contributed by atoms with E-state index >= 15 is 0 Å². The van der Waals surface area contributed by atoms with Crippen molar-refractivity contribution in [3.63, 3.8) is 0 Å². The first-order chi connectivity index (χ1) is 19.1. The summed E-state index contributed by atoms with van der Waals surface area (Å²) in [4.78, 5) is 25.4. The second-order valence-corrected chi connectivity index (χ2v) is 9.26. The first-order valence-electron chi connectivity index (χ1n) is 12.3. The van der Waals surface area contributed by atoms with Crippen LogP contribution in [-0.2, 0) is 32.1 Å². The first kappa shape index (κ1) is 26.9. The van der Waals surface area contributed by atoms with Crippen molar-refractivity contribution in [2.75, 3.05) is 0 Å². The van der Waals surface area contributed by atoms with Crippen LogP contribution in [0.3, 0.4) is 0 Å². The highest BCUT2D eigenvalue weighted by atomic mass is 19.4. The third-order valence-corrected chi connectivity index (χ3v) is 6.56. The summed E-state index contributed by atoms with van der Waals surface area (Å²) in [6.07, 6.45) is -1.65. The van der Waals surface area contributed by atoms with Crippen LogP contribution < -0.4 is 11.1 Å². The molecule has 0 atom stereocenters. The second kappa shape index (κ2) is 10.8. The highest BCUT2D eigenvalue weighted by Crippen LogP contribution is 2.30. The first-order valence-corrected chi connectivity index (χ1v) is 12.3. The van der Waals surface area contributed by atoms with E-state index in [9.17, 15) is 26.7 Å². The number of fused-ring (bicyclic) bond motifs is 1. The highest BCUT2D eigenvalue weighted by molar-refractivity contribution is 6.01. The molecular weight excluding hydrogens is 529 g/mol. The lowest BCUT2D eigenvalue weighted by Crippen LogP contribution is -2.25. The summed E-state index contributed by atoms with van der Waals surface area (Å²) >= 11 is 0. The van der Waals surface area contributed by atoms with E-state index < -0.39 is 29.3 Å². The minimum Gasteiger partial charge on any atom is -0.383 e. The van der Waals surface area contributed by atoms with Crippen molar-refractivity contribution in [2.45, 2.75) is 32.1 Å². The molecule has 2 aromatic heterocycles. The number of carbonyl (C=O) groups excluding carboxylic acids is 1. The van der Waals surface area contributed by atoms with Crippen molar-refractivity contribution in [2.24, 2.45) is 10.7 Å². The number of rotatable bonds is 7. The number of aryl methyl sites for hydroxylation is 2. The van der Waals surface area contributed by atoms with Crippen LogP contribution in [0.1, 0.15) is 44.0 Å². The molecule has 5 rings (SSSR count). The van der Waals surface area contributed by atoms with Gasteiger partial charge in [-0.15, -0.1) is 0 Å². The third kappa shape index (κ3) is 5.83. The fourth-order valence-corrected chi connectivity index (χ4v) is 4.34. The van der Waals surface area contributed by atoms with Crippen molar-refractivity contribution in [1.82, 2.24) is 15.3 Å². The Balaban J connectivity index is 1.31.